The summed E-state index contributed by atoms with van der Waals surface area (Å²) in [6, 6.07) is 7.71. The van der Waals surface area contributed by atoms with E-state index in [1.807, 2.05) is 6.92 Å². The molecular formula is C19H23ClN4O4. The van der Waals surface area contributed by atoms with Crippen molar-refractivity contribution in [3.63, 3.8) is 0 Å². The maximum absolute atomic E-state index is 12.8. The van der Waals surface area contributed by atoms with Crippen molar-refractivity contribution in [2.24, 2.45) is 0 Å². The topological polar surface area (TPSA) is 102 Å². The number of aromatic nitrogens is 2. The van der Waals surface area contributed by atoms with Gasteiger partial charge in [0.25, 0.3) is 5.91 Å². The van der Waals surface area contributed by atoms with Gasteiger partial charge in [-0.05, 0) is 13.3 Å². The first-order chi connectivity index (χ1) is 13.4. The molecule has 1 aromatic carbocycles. The van der Waals surface area contributed by atoms with Gasteiger partial charge in [-0.25, -0.2) is 9.59 Å². The molecule has 9 heteroatoms. The predicted octanol–water partition coefficient (Wildman–Crippen LogP) is 3.00. The number of rotatable bonds is 7. The summed E-state index contributed by atoms with van der Waals surface area (Å²) in [5.41, 5.74) is 0.931. The lowest BCUT2D eigenvalue weighted by Crippen LogP contribution is -2.41. The largest absolute Gasteiger partial charge is 0.444 e. The van der Waals surface area contributed by atoms with Crippen LogP contribution in [0.1, 0.15) is 47.5 Å². The summed E-state index contributed by atoms with van der Waals surface area (Å²) in [5, 5.41) is 8.85. The van der Waals surface area contributed by atoms with Crippen LogP contribution < -0.4 is 10.6 Å². The number of aryl methyl sites for hydroxylation is 2. The fourth-order valence-corrected chi connectivity index (χ4v) is 2.88. The number of unbranched alkanes of at least 4 members (excludes halogenated alkanes) is 1. The van der Waals surface area contributed by atoms with Gasteiger partial charge in [0, 0.05) is 19.2 Å². The Morgan fingerprint density at radius 2 is 1.93 bits per heavy atom. The maximum Gasteiger partial charge on any atom is 0.344 e. The Morgan fingerprint density at radius 1 is 1.25 bits per heavy atom. The van der Waals surface area contributed by atoms with Gasteiger partial charge in [-0.3, -0.25) is 14.8 Å². The molecule has 2 rings (SSSR count). The molecule has 28 heavy (non-hydrogen) atoms. The standard InChI is InChI=1S/C19H23ClN4O4/c1-4-5-11-24-16(20)14(12(2)23-24)18(26)28-15(13-9-7-6-8-10-13)17(25)22-19(27)21-3/h6-10,15H,4-5,11H2,1-3H3,(H2,21,22,25,27)/t15-/m0/s1. The Balaban J connectivity index is 2.29. The van der Waals surface area contributed by atoms with Crippen LogP contribution >= 0.6 is 11.6 Å². The Hall–Kier alpha value is -2.87. The number of carbonyl (C=O) groups excluding carboxylic acids is 3. The third-order valence-corrected chi connectivity index (χ3v) is 4.41. The van der Waals surface area contributed by atoms with E-state index in [1.165, 1.54) is 7.05 Å². The number of nitrogens with one attached hydrogen (secondary N) is 2. The van der Waals surface area contributed by atoms with Crippen LogP contribution in [0, 0.1) is 6.92 Å². The van der Waals surface area contributed by atoms with Crippen LogP contribution in [-0.2, 0) is 16.1 Å². The molecular weight excluding hydrogens is 384 g/mol. The van der Waals surface area contributed by atoms with Gasteiger partial charge >= 0.3 is 12.0 Å². The molecule has 0 bridgehead atoms. The van der Waals surface area contributed by atoms with E-state index in [4.69, 9.17) is 16.3 Å². The number of halogens is 1. The van der Waals surface area contributed by atoms with Crippen molar-refractivity contribution >= 4 is 29.5 Å². The van der Waals surface area contributed by atoms with Crippen molar-refractivity contribution in [3.05, 3.63) is 52.3 Å². The molecule has 3 amide bonds. The van der Waals surface area contributed by atoms with Crippen molar-refractivity contribution in [1.29, 1.82) is 0 Å². The summed E-state index contributed by atoms with van der Waals surface area (Å²) in [5.74, 6) is -1.56. The number of esters is 1. The first kappa shape index (κ1) is 21.4. The number of benzene rings is 1. The average Bonchev–Trinajstić information content (AvgIpc) is 2.97. The smallest absolute Gasteiger partial charge is 0.344 e. The zero-order valence-corrected chi connectivity index (χ0v) is 16.7. The highest BCUT2D eigenvalue weighted by Gasteiger charge is 2.30. The lowest BCUT2D eigenvalue weighted by atomic mass is 10.1. The molecule has 0 aliphatic rings. The molecule has 0 saturated heterocycles. The number of carbonyl (C=O) groups is 3. The zero-order chi connectivity index (χ0) is 20.7. The summed E-state index contributed by atoms with van der Waals surface area (Å²) in [7, 11) is 1.37. The van der Waals surface area contributed by atoms with Gasteiger partial charge in [0.1, 0.15) is 10.7 Å². The molecule has 0 fully saturated rings. The Bertz CT molecular complexity index is 851. The third-order valence-electron chi connectivity index (χ3n) is 4.02. The predicted molar refractivity (Wildman–Crippen MR) is 104 cm³/mol. The van der Waals surface area contributed by atoms with Crippen LogP contribution in [-0.4, -0.2) is 34.7 Å². The number of hydrogen-bond donors (Lipinski definition) is 2. The molecule has 1 aromatic heterocycles. The Labute approximate surface area is 168 Å². The van der Waals surface area contributed by atoms with Crippen molar-refractivity contribution in [1.82, 2.24) is 20.4 Å². The van der Waals surface area contributed by atoms with E-state index >= 15 is 0 Å². The monoisotopic (exact) mass is 406 g/mol. The molecule has 0 saturated carbocycles. The fraction of sp³-hybridized carbons (Fsp3) is 0.368. The normalized spacial score (nSPS) is 11.6. The zero-order valence-electron chi connectivity index (χ0n) is 16.0. The quantitative estimate of drug-likeness (QED) is 0.688. The number of imide groups is 1. The van der Waals surface area contributed by atoms with Crippen LogP contribution in [0.5, 0.6) is 0 Å². The maximum atomic E-state index is 12.8. The lowest BCUT2D eigenvalue weighted by molar-refractivity contribution is -0.129. The minimum Gasteiger partial charge on any atom is -0.444 e. The summed E-state index contributed by atoms with van der Waals surface area (Å²) in [6.07, 6.45) is 0.488. The highest BCUT2D eigenvalue weighted by atomic mass is 35.5. The molecule has 2 aromatic rings. The van der Waals surface area contributed by atoms with Gasteiger partial charge in [-0.2, -0.15) is 5.10 Å². The molecule has 0 aliphatic heterocycles. The third kappa shape index (κ3) is 5.10. The van der Waals surface area contributed by atoms with Gasteiger partial charge in [-0.15, -0.1) is 0 Å². The van der Waals surface area contributed by atoms with Crippen molar-refractivity contribution in [2.75, 3.05) is 7.05 Å². The molecule has 0 spiro atoms. The Morgan fingerprint density at radius 3 is 2.54 bits per heavy atom. The molecule has 150 valence electrons. The second kappa shape index (κ2) is 9.89. The van der Waals surface area contributed by atoms with Crippen LogP contribution in [0.2, 0.25) is 5.15 Å². The summed E-state index contributed by atoms with van der Waals surface area (Å²) < 4.78 is 6.98. The molecule has 0 radical (unpaired) electrons. The van der Waals surface area contributed by atoms with Crippen LogP contribution in [0.15, 0.2) is 30.3 Å². The molecule has 1 heterocycles. The van der Waals surface area contributed by atoms with Gasteiger partial charge in [-0.1, -0.05) is 55.3 Å². The molecule has 0 unspecified atom stereocenters. The summed E-state index contributed by atoms with van der Waals surface area (Å²) in [4.78, 5) is 36.8. The van der Waals surface area contributed by atoms with E-state index in [1.54, 1.807) is 41.9 Å². The number of nitrogens with zero attached hydrogens (tertiary/aromatic N) is 2. The highest BCUT2D eigenvalue weighted by molar-refractivity contribution is 6.32. The van der Waals surface area contributed by atoms with Crippen LogP contribution in [0.25, 0.3) is 0 Å². The van der Waals surface area contributed by atoms with Crippen molar-refractivity contribution in [2.45, 2.75) is 39.3 Å². The number of ether oxygens (including phenoxy) is 1. The van der Waals surface area contributed by atoms with Crippen LogP contribution in [0.3, 0.4) is 0 Å². The fourth-order valence-electron chi connectivity index (χ4n) is 2.55. The highest BCUT2D eigenvalue weighted by Crippen LogP contribution is 2.25. The van der Waals surface area contributed by atoms with Crippen molar-refractivity contribution in [3.8, 4) is 0 Å². The molecule has 8 nitrogen and oxygen atoms in total. The number of hydrogen-bond acceptors (Lipinski definition) is 5. The number of urea groups is 1. The van der Waals surface area contributed by atoms with E-state index in [9.17, 15) is 14.4 Å². The van der Waals surface area contributed by atoms with Crippen molar-refractivity contribution < 1.29 is 19.1 Å². The Kier molecular flexibility index (Phi) is 7.57. The van der Waals surface area contributed by atoms with E-state index in [2.05, 4.69) is 15.7 Å². The first-order valence-corrected chi connectivity index (χ1v) is 9.28. The van der Waals surface area contributed by atoms with Gasteiger partial charge in [0.05, 0.1) is 5.69 Å². The van der Waals surface area contributed by atoms with E-state index in [0.717, 1.165) is 12.8 Å². The average molecular weight is 407 g/mol. The summed E-state index contributed by atoms with van der Waals surface area (Å²) >= 11 is 6.31. The molecule has 2 N–H and O–H groups in total. The lowest BCUT2D eigenvalue weighted by Gasteiger charge is -2.17. The number of amides is 3. The van der Waals surface area contributed by atoms with E-state index in [0.29, 0.717) is 17.8 Å². The van der Waals surface area contributed by atoms with Gasteiger partial charge < -0.3 is 10.1 Å². The SMILES string of the molecule is CCCCn1nc(C)c(C(=O)O[C@H](C(=O)NC(=O)NC)c2ccccc2)c1Cl. The van der Waals surface area contributed by atoms with E-state index in [-0.39, 0.29) is 10.7 Å². The minimum absolute atomic E-state index is 0.103. The first-order valence-electron chi connectivity index (χ1n) is 8.90. The van der Waals surface area contributed by atoms with Gasteiger partial charge in [0.2, 0.25) is 6.10 Å². The van der Waals surface area contributed by atoms with Crippen LogP contribution in [0.4, 0.5) is 4.79 Å². The van der Waals surface area contributed by atoms with Gasteiger partial charge in [0.15, 0.2) is 0 Å². The van der Waals surface area contributed by atoms with E-state index < -0.39 is 24.0 Å². The molecule has 0 aliphatic carbocycles. The summed E-state index contributed by atoms with van der Waals surface area (Å²) in [6.45, 7) is 4.25. The minimum atomic E-state index is -1.32. The molecule has 1 atom stereocenters. The second-order valence-corrected chi connectivity index (χ2v) is 6.45. The second-order valence-electron chi connectivity index (χ2n) is 6.09.